The van der Waals surface area contributed by atoms with Crippen molar-refractivity contribution >= 4 is 45.2 Å². The van der Waals surface area contributed by atoms with Crippen LogP contribution in [0.15, 0.2) is 39.1 Å². The van der Waals surface area contributed by atoms with Crippen LogP contribution < -0.4 is 11.3 Å². The van der Waals surface area contributed by atoms with Crippen LogP contribution >= 0.6 is 39.3 Å². The SMILES string of the molecule is NNc1ncc(Br)c(Sc2ncccc2Cl)n1. The quantitative estimate of drug-likeness (QED) is 0.511. The third-order valence-electron chi connectivity index (χ3n) is 1.76. The number of hydrogen-bond acceptors (Lipinski definition) is 6. The zero-order chi connectivity index (χ0) is 12.3. The molecule has 88 valence electrons. The highest BCUT2D eigenvalue weighted by molar-refractivity contribution is 9.10. The van der Waals surface area contributed by atoms with Crippen LogP contribution in [0, 0.1) is 0 Å². The Bertz CT molecular complexity index is 539. The third-order valence-corrected chi connectivity index (χ3v) is 4.04. The molecule has 0 unspecified atom stereocenters. The molecule has 0 aromatic carbocycles. The summed E-state index contributed by atoms with van der Waals surface area (Å²) in [4.78, 5) is 12.3. The molecule has 0 fully saturated rings. The van der Waals surface area contributed by atoms with E-state index in [0.717, 1.165) is 4.47 Å². The summed E-state index contributed by atoms with van der Waals surface area (Å²) in [7, 11) is 0. The van der Waals surface area contributed by atoms with Crippen LogP contribution in [0.5, 0.6) is 0 Å². The van der Waals surface area contributed by atoms with Gasteiger partial charge in [-0.1, -0.05) is 11.6 Å². The minimum Gasteiger partial charge on any atom is -0.292 e. The first kappa shape index (κ1) is 12.6. The second kappa shape index (κ2) is 5.63. The molecular formula is C9H7BrClN5S. The van der Waals surface area contributed by atoms with Crippen molar-refractivity contribution in [3.8, 4) is 0 Å². The Balaban J connectivity index is 2.32. The molecule has 2 aromatic heterocycles. The lowest BCUT2D eigenvalue weighted by atomic mass is 10.5. The molecule has 0 saturated carbocycles. The first-order chi connectivity index (χ1) is 8.20. The lowest BCUT2D eigenvalue weighted by Gasteiger charge is -2.05. The molecule has 0 saturated heterocycles. The van der Waals surface area contributed by atoms with Crippen LogP contribution in [-0.4, -0.2) is 15.0 Å². The van der Waals surface area contributed by atoms with Gasteiger partial charge >= 0.3 is 0 Å². The van der Waals surface area contributed by atoms with Gasteiger partial charge in [-0.3, -0.25) is 5.43 Å². The van der Waals surface area contributed by atoms with E-state index in [1.165, 1.54) is 11.8 Å². The van der Waals surface area contributed by atoms with Crippen molar-refractivity contribution in [3.63, 3.8) is 0 Å². The molecule has 5 nitrogen and oxygen atoms in total. The number of anilines is 1. The van der Waals surface area contributed by atoms with Crippen molar-refractivity contribution < 1.29 is 0 Å². The van der Waals surface area contributed by atoms with Crippen molar-refractivity contribution in [1.82, 2.24) is 15.0 Å². The molecule has 2 aromatic rings. The highest BCUT2D eigenvalue weighted by Gasteiger charge is 2.09. The van der Waals surface area contributed by atoms with Crippen LogP contribution in [0.1, 0.15) is 0 Å². The number of nitrogens with one attached hydrogen (secondary N) is 1. The van der Waals surface area contributed by atoms with E-state index in [1.807, 2.05) is 0 Å². The molecule has 0 radical (unpaired) electrons. The number of pyridine rings is 1. The van der Waals surface area contributed by atoms with Crippen LogP contribution in [0.4, 0.5) is 5.95 Å². The van der Waals surface area contributed by atoms with Crippen molar-refractivity contribution in [2.24, 2.45) is 5.84 Å². The van der Waals surface area contributed by atoms with Gasteiger partial charge in [-0.05, 0) is 39.8 Å². The van der Waals surface area contributed by atoms with Gasteiger partial charge < -0.3 is 0 Å². The standard InChI is InChI=1S/C9H7BrClN5S/c10-5-4-14-9(16-12)15-7(5)17-8-6(11)2-1-3-13-8/h1-4H,12H2,(H,14,15,16). The van der Waals surface area contributed by atoms with Crippen molar-refractivity contribution in [2.75, 3.05) is 5.43 Å². The van der Waals surface area contributed by atoms with Gasteiger partial charge in [0.1, 0.15) is 10.1 Å². The Hall–Kier alpha value is -0.890. The van der Waals surface area contributed by atoms with Crippen LogP contribution in [0.2, 0.25) is 5.02 Å². The molecular weight excluding hydrogens is 326 g/mol. The Labute approximate surface area is 115 Å². The minimum atomic E-state index is 0.336. The van der Waals surface area contributed by atoms with E-state index in [0.29, 0.717) is 21.0 Å². The van der Waals surface area contributed by atoms with Crippen molar-refractivity contribution in [3.05, 3.63) is 34.0 Å². The largest absolute Gasteiger partial charge is 0.292 e. The molecule has 0 aliphatic heterocycles. The molecule has 0 aliphatic rings. The van der Waals surface area contributed by atoms with Crippen molar-refractivity contribution in [2.45, 2.75) is 10.1 Å². The smallest absolute Gasteiger partial charge is 0.238 e. The molecule has 0 spiro atoms. The predicted octanol–water partition coefficient (Wildman–Crippen LogP) is 2.72. The molecule has 0 bridgehead atoms. The maximum absolute atomic E-state index is 6.02. The zero-order valence-corrected chi connectivity index (χ0v) is 11.6. The summed E-state index contributed by atoms with van der Waals surface area (Å²) in [6.07, 6.45) is 3.28. The number of nitrogens with two attached hydrogens (primary N) is 1. The molecule has 0 amide bonds. The number of nitrogens with zero attached hydrogens (tertiary/aromatic N) is 3. The Morgan fingerprint density at radius 2 is 2.18 bits per heavy atom. The highest BCUT2D eigenvalue weighted by atomic mass is 79.9. The summed E-state index contributed by atoms with van der Waals surface area (Å²) in [5.41, 5.74) is 2.39. The van der Waals surface area contributed by atoms with Crippen molar-refractivity contribution in [1.29, 1.82) is 0 Å². The molecule has 2 heterocycles. The van der Waals surface area contributed by atoms with E-state index in [4.69, 9.17) is 17.4 Å². The van der Waals surface area contributed by atoms with E-state index < -0.39 is 0 Å². The van der Waals surface area contributed by atoms with Crippen LogP contribution in [0.25, 0.3) is 0 Å². The van der Waals surface area contributed by atoms with E-state index in [1.54, 1.807) is 24.5 Å². The average molecular weight is 333 g/mol. The van der Waals surface area contributed by atoms with Gasteiger partial charge in [-0.25, -0.2) is 20.8 Å². The van der Waals surface area contributed by atoms with Gasteiger partial charge in [0.25, 0.3) is 0 Å². The topological polar surface area (TPSA) is 76.7 Å². The summed E-state index contributed by atoms with van der Waals surface area (Å²) in [5.74, 6) is 5.59. The first-order valence-electron chi connectivity index (χ1n) is 4.48. The summed E-state index contributed by atoms with van der Waals surface area (Å²) in [6.45, 7) is 0. The normalized spacial score (nSPS) is 10.3. The van der Waals surface area contributed by atoms with Gasteiger partial charge in [-0.15, -0.1) is 0 Å². The first-order valence-corrected chi connectivity index (χ1v) is 6.47. The van der Waals surface area contributed by atoms with Gasteiger partial charge in [-0.2, -0.15) is 0 Å². The Morgan fingerprint density at radius 3 is 2.88 bits per heavy atom. The minimum absolute atomic E-state index is 0.336. The van der Waals surface area contributed by atoms with E-state index in [2.05, 4.69) is 36.3 Å². The summed E-state index contributed by atoms with van der Waals surface area (Å²) in [6, 6.07) is 3.54. The van der Waals surface area contributed by atoms with Crippen LogP contribution in [-0.2, 0) is 0 Å². The molecule has 3 N–H and O–H groups in total. The van der Waals surface area contributed by atoms with Gasteiger partial charge in [0.05, 0.1) is 9.50 Å². The number of nitrogen functional groups attached to an aromatic ring is 1. The molecule has 17 heavy (non-hydrogen) atoms. The van der Waals surface area contributed by atoms with Gasteiger partial charge in [0.15, 0.2) is 0 Å². The fourth-order valence-electron chi connectivity index (χ4n) is 1.03. The van der Waals surface area contributed by atoms with E-state index >= 15 is 0 Å². The van der Waals surface area contributed by atoms with E-state index in [-0.39, 0.29) is 0 Å². The number of halogens is 2. The maximum atomic E-state index is 6.02. The van der Waals surface area contributed by atoms with E-state index in [9.17, 15) is 0 Å². The summed E-state index contributed by atoms with van der Waals surface area (Å²) in [5, 5.41) is 1.94. The molecule has 0 aliphatic carbocycles. The zero-order valence-electron chi connectivity index (χ0n) is 8.39. The fourth-order valence-corrected chi connectivity index (χ4v) is 2.45. The summed E-state index contributed by atoms with van der Waals surface area (Å²) < 4.78 is 0.753. The average Bonchev–Trinajstić information content (AvgIpc) is 2.35. The Morgan fingerprint density at radius 1 is 1.35 bits per heavy atom. The number of hydrogen-bond donors (Lipinski definition) is 2. The van der Waals surface area contributed by atoms with Gasteiger partial charge in [0, 0.05) is 12.4 Å². The lowest BCUT2D eigenvalue weighted by Crippen LogP contribution is -2.10. The third kappa shape index (κ3) is 3.06. The number of rotatable bonds is 3. The molecule has 0 atom stereocenters. The Kier molecular flexibility index (Phi) is 4.16. The lowest BCUT2D eigenvalue weighted by molar-refractivity contribution is 1.00. The fraction of sp³-hybridized carbons (Fsp3) is 0. The predicted molar refractivity (Wildman–Crippen MR) is 70.9 cm³/mol. The summed E-state index contributed by atoms with van der Waals surface area (Å²) >= 11 is 10.7. The number of aromatic nitrogens is 3. The van der Waals surface area contributed by atoms with Crippen LogP contribution in [0.3, 0.4) is 0 Å². The molecule has 2 rings (SSSR count). The second-order valence-corrected chi connectivity index (χ2v) is 5.12. The maximum Gasteiger partial charge on any atom is 0.238 e. The second-order valence-electron chi connectivity index (χ2n) is 2.88. The number of hydrazine groups is 1. The monoisotopic (exact) mass is 331 g/mol. The highest BCUT2D eigenvalue weighted by Crippen LogP contribution is 2.34. The van der Waals surface area contributed by atoms with Gasteiger partial charge in [0.2, 0.25) is 5.95 Å². The molecule has 8 heteroatoms.